The summed E-state index contributed by atoms with van der Waals surface area (Å²) in [5, 5.41) is 5.56. The van der Waals surface area contributed by atoms with Crippen molar-refractivity contribution in [2.45, 2.75) is 27.2 Å². The summed E-state index contributed by atoms with van der Waals surface area (Å²) in [5.74, 6) is -0.0337. The number of anilines is 2. The second kappa shape index (κ2) is 7.83. The zero-order valence-electron chi connectivity index (χ0n) is 15.1. The van der Waals surface area contributed by atoms with Crippen LogP contribution in [0.1, 0.15) is 26.3 Å². The number of methoxy groups -OCH3 is 1. The summed E-state index contributed by atoms with van der Waals surface area (Å²) in [4.78, 5) is 25.0. The molecule has 2 rings (SSSR count). The zero-order chi connectivity index (χ0) is 18.4. The molecule has 0 saturated heterocycles. The van der Waals surface area contributed by atoms with E-state index in [-0.39, 0.29) is 11.8 Å². The molecule has 2 amide bonds. The molecule has 0 aliphatic rings. The molecule has 0 aromatic heterocycles. The SMILES string of the molecule is CCc1ccc(NC(=O)C(C)(C)C(=O)Nc2ccc(OC)cc2)cc1. The van der Waals surface area contributed by atoms with Crippen LogP contribution in [0.25, 0.3) is 0 Å². The summed E-state index contributed by atoms with van der Waals surface area (Å²) in [6, 6.07) is 14.6. The van der Waals surface area contributed by atoms with Crippen LogP contribution in [0, 0.1) is 5.41 Å². The van der Waals surface area contributed by atoms with Crippen LogP contribution in [-0.4, -0.2) is 18.9 Å². The van der Waals surface area contributed by atoms with Gasteiger partial charge >= 0.3 is 0 Å². The Balaban J connectivity index is 2.03. The smallest absolute Gasteiger partial charge is 0.239 e. The molecule has 0 spiro atoms. The molecule has 2 aromatic rings. The van der Waals surface area contributed by atoms with E-state index in [0.717, 1.165) is 6.42 Å². The molecule has 0 aliphatic carbocycles. The highest BCUT2D eigenvalue weighted by molar-refractivity contribution is 6.13. The summed E-state index contributed by atoms with van der Waals surface area (Å²) in [7, 11) is 1.58. The topological polar surface area (TPSA) is 67.4 Å². The van der Waals surface area contributed by atoms with Gasteiger partial charge in [0.1, 0.15) is 11.2 Å². The van der Waals surface area contributed by atoms with E-state index in [2.05, 4.69) is 17.6 Å². The lowest BCUT2D eigenvalue weighted by atomic mass is 9.90. The highest BCUT2D eigenvalue weighted by atomic mass is 16.5. The first-order valence-corrected chi connectivity index (χ1v) is 8.22. The molecule has 0 fully saturated rings. The Morgan fingerprint density at radius 3 is 1.72 bits per heavy atom. The minimum Gasteiger partial charge on any atom is -0.497 e. The van der Waals surface area contributed by atoms with Crippen molar-refractivity contribution >= 4 is 23.2 Å². The molecule has 0 aliphatic heterocycles. The van der Waals surface area contributed by atoms with Gasteiger partial charge in [-0.05, 0) is 62.2 Å². The summed E-state index contributed by atoms with van der Waals surface area (Å²) < 4.78 is 5.09. The molecule has 2 N–H and O–H groups in total. The number of aryl methyl sites for hydroxylation is 1. The Morgan fingerprint density at radius 2 is 1.32 bits per heavy atom. The molecule has 0 saturated carbocycles. The van der Waals surface area contributed by atoms with Gasteiger partial charge in [-0.1, -0.05) is 19.1 Å². The monoisotopic (exact) mass is 340 g/mol. The van der Waals surface area contributed by atoms with Gasteiger partial charge in [-0.25, -0.2) is 0 Å². The van der Waals surface area contributed by atoms with E-state index in [1.807, 2.05) is 24.3 Å². The van der Waals surface area contributed by atoms with Gasteiger partial charge in [-0.15, -0.1) is 0 Å². The molecule has 0 unspecified atom stereocenters. The molecule has 0 heterocycles. The Hall–Kier alpha value is -2.82. The number of ether oxygens (including phenoxy) is 1. The van der Waals surface area contributed by atoms with E-state index in [1.165, 1.54) is 5.56 Å². The number of hydrogen-bond acceptors (Lipinski definition) is 3. The number of rotatable bonds is 6. The Labute approximate surface area is 148 Å². The summed E-state index contributed by atoms with van der Waals surface area (Å²) in [5.41, 5.74) is 1.25. The third-order valence-corrected chi connectivity index (χ3v) is 4.10. The number of carbonyl (C=O) groups is 2. The lowest BCUT2D eigenvalue weighted by Crippen LogP contribution is -2.41. The van der Waals surface area contributed by atoms with Crippen LogP contribution in [0.5, 0.6) is 5.75 Å². The van der Waals surface area contributed by atoms with Gasteiger partial charge in [0.05, 0.1) is 7.11 Å². The van der Waals surface area contributed by atoms with Crippen molar-refractivity contribution in [3.63, 3.8) is 0 Å². The molecular formula is C20H24N2O3. The fourth-order valence-electron chi connectivity index (χ4n) is 2.18. The van der Waals surface area contributed by atoms with Crippen molar-refractivity contribution in [1.29, 1.82) is 0 Å². The largest absolute Gasteiger partial charge is 0.497 e. The van der Waals surface area contributed by atoms with Crippen molar-refractivity contribution in [1.82, 2.24) is 0 Å². The molecule has 0 atom stereocenters. The van der Waals surface area contributed by atoms with E-state index in [9.17, 15) is 9.59 Å². The van der Waals surface area contributed by atoms with Crippen LogP contribution in [0.4, 0.5) is 11.4 Å². The minimum atomic E-state index is -1.22. The normalized spacial score (nSPS) is 10.9. The van der Waals surface area contributed by atoms with Gasteiger partial charge < -0.3 is 15.4 Å². The van der Waals surface area contributed by atoms with Crippen LogP contribution in [0.2, 0.25) is 0 Å². The first kappa shape index (κ1) is 18.5. The standard InChI is InChI=1S/C20H24N2O3/c1-5-14-6-8-15(9-7-14)21-18(23)20(2,3)19(24)22-16-10-12-17(25-4)13-11-16/h6-13H,5H2,1-4H3,(H,21,23)(H,22,24). The Bertz CT molecular complexity index is 671. The second-order valence-electron chi connectivity index (χ2n) is 6.31. The molecule has 0 bridgehead atoms. The first-order valence-electron chi connectivity index (χ1n) is 8.22. The van der Waals surface area contributed by atoms with Gasteiger partial charge in [0, 0.05) is 11.4 Å². The summed E-state index contributed by atoms with van der Waals surface area (Å²) in [6.07, 6.45) is 0.935. The third kappa shape index (κ3) is 4.59. The maximum atomic E-state index is 12.5. The Morgan fingerprint density at radius 1 is 0.880 bits per heavy atom. The van der Waals surface area contributed by atoms with E-state index >= 15 is 0 Å². The van der Waals surface area contributed by atoms with Crippen molar-refractivity contribution in [2.24, 2.45) is 5.41 Å². The first-order chi connectivity index (χ1) is 11.9. The van der Waals surface area contributed by atoms with Crippen LogP contribution < -0.4 is 15.4 Å². The summed E-state index contributed by atoms with van der Waals surface area (Å²) in [6.45, 7) is 5.27. The van der Waals surface area contributed by atoms with E-state index in [1.54, 1.807) is 45.2 Å². The van der Waals surface area contributed by atoms with E-state index in [0.29, 0.717) is 17.1 Å². The maximum Gasteiger partial charge on any atom is 0.239 e. The highest BCUT2D eigenvalue weighted by Crippen LogP contribution is 2.23. The number of benzene rings is 2. The molecule has 25 heavy (non-hydrogen) atoms. The number of carbonyl (C=O) groups excluding carboxylic acids is 2. The van der Waals surface area contributed by atoms with Crippen LogP contribution >= 0.6 is 0 Å². The van der Waals surface area contributed by atoms with Gasteiger partial charge in [-0.3, -0.25) is 9.59 Å². The minimum absolute atomic E-state index is 0.359. The molecule has 5 heteroatoms. The Kier molecular flexibility index (Phi) is 5.80. The molecule has 2 aromatic carbocycles. The average molecular weight is 340 g/mol. The van der Waals surface area contributed by atoms with Crippen molar-refractivity contribution < 1.29 is 14.3 Å². The van der Waals surface area contributed by atoms with Crippen LogP contribution in [0.15, 0.2) is 48.5 Å². The van der Waals surface area contributed by atoms with Gasteiger partial charge in [0.15, 0.2) is 0 Å². The highest BCUT2D eigenvalue weighted by Gasteiger charge is 2.36. The van der Waals surface area contributed by atoms with Crippen molar-refractivity contribution in [3.05, 3.63) is 54.1 Å². The molecule has 5 nitrogen and oxygen atoms in total. The van der Waals surface area contributed by atoms with Crippen LogP contribution in [-0.2, 0) is 16.0 Å². The van der Waals surface area contributed by atoms with Crippen LogP contribution in [0.3, 0.4) is 0 Å². The predicted molar refractivity (Wildman–Crippen MR) is 99.9 cm³/mol. The lowest BCUT2D eigenvalue weighted by Gasteiger charge is -2.23. The zero-order valence-corrected chi connectivity index (χ0v) is 15.1. The van der Waals surface area contributed by atoms with E-state index in [4.69, 9.17) is 4.74 Å². The average Bonchev–Trinajstić information content (AvgIpc) is 2.62. The molecule has 132 valence electrons. The van der Waals surface area contributed by atoms with E-state index < -0.39 is 5.41 Å². The number of hydrogen-bond donors (Lipinski definition) is 2. The fraction of sp³-hybridized carbons (Fsp3) is 0.300. The van der Waals surface area contributed by atoms with Gasteiger partial charge in [0.25, 0.3) is 0 Å². The maximum absolute atomic E-state index is 12.5. The molecule has 0 radical (unpaired) electrons. The van der Waals surface area contributed by atoms with Gasteiger partial charge in [0.2, 0.25) is 11.8 Å². The second-order valence-corrected chi connectivity index (χ2v) is 6.31. The quantitative estimate of drug-likeness (QED) is 0.785. The molecular weight excluding hydrogens is 316 g/mol. The number of amides is 2. The summed E-state index contributed by atoms with van der Waals surface area (Å²) >= 11 is 0. The lowest BCUT2D eigenvalue weighted by molar-refractivity contribution is -0.135. The third-order valence-electron chi connectivity index (χ3n) is 4.10. The number of nitrogens with one attached hydrogen (secondary N) is 2. The van der Waals surface area contributed by atoms with Crippen molar-refractivity contribution in [2.75, 3.05) is 17.7 Å². The van der Waals surface area contributed by atoms with Gasteiger partial charge in [-0.2, -0.15) is 0 Å². The van der Waals surface area contributed by atoms with Crippen molar-refractivity contribution in [3.8, 4) is 5.75 Å². The fourth-order valence-corrected chi connectivity index (χ4v) is 2.18. The predicted octanol–water partition coefficient (Wildman–Crippen LogP) is 3.86.